The van der Waals surface area contributed by atoms with Crippen LogP contribution in [0.25, 0.3) is 0 Å². The average Bonchev–Trinajstić information content (AvgIpc) is 2.59. The molecule has 0 unspecified atom stereocenters. The molecule has 0 aliphatic heterocycles. The molecule has 0 aliphatic rings. The van der Waals surface area contributed by atoms with Crippen molar-refractivity contribution in [3.8, 4) is 6.07 Å². The fourth-order valence-corrected chi connectivity index (χ4v) is 1.90. The van der Waals surface area contributed by atoms with Crippen molar-refractivity contribution < 1.29 is 0 Å². The summed E-state index contributed by atoms with van der Waals surface area (Å²) >= 11 is 1.61. The number of rotatable bonds is 6. The van der Waals surface area contributed by atoms with E-state index in [1.54, 1.807) is 11.8 Å². The second-order valence-electron chi connectivity index (χ2n) is 3.65. The van der Waals surface area contributed by atoms with Gasteiger partial charge in [-0.25, -0.2) is 4.68 Å². The highest BCUT2D eigenvalue weighted by Gasteiger charge is 2.07. The zero-order chi connectivity index (χ0) is 11.1. The van der Waals surface area contributed by atoms with Crippen LogP contribution in [0.3, 0.4) is 0 Å². The van der Waals surface area contributed by atoms with E-state index in [9.17, 15) is 0 Å². The van der Waals surface area contributed by atoms with Gasteiger partial charge in [0.1, 0.15) is 0 Å². The van der Waals surface area contributed by atoms with E-state index in [-0.39, 0.29) is 0 Å². The van der Waals surface area contributed by atoms with Gasteiger partial charge < -0.3 is 0 Å². The molecule has 1 aromatic rings. The first-order chi connectivity index (χ1) is 7.24. The quantitative estimate of drug-likeness (QED) is 0.544. The molecule has 0 spiro atoms. The minimum absolute atomic E-state index is 0.534. The Hall–Kier alpha value is -1.09. The van der Waals surface area contributed by atoms with Crippen LogP contribution >= 0.6 is 11.8 Å². The van der Waals surface area contributed by atoms with Crippen molar-refractivity contribution in [2.24, 2.45) is 5.92 Å². The van der Waals surface area contributed by atoms with E-state index in [0.29, 0.717) is 12.3 Å². The van der Waals surface area contributed by atoms with E-state index in [1.165, 1.54) is 0 Å². The van der Waals surface area contributed by atoms with Gasteiger partial charge in [0.05, 0.1) is 6.07 Å². The number of tetrazole rings is 1. The fourth-order valence-electron chi connectivity index (χ4n) is 1.07. The van der Waals surface area contributed by atoms with Crippen LogP contribution in [0.5, 0.6) is 0 Å². The van der Waals surface area contributed by atoms with Crippen LogP contribution in [-0.2, 0) is 6.54 Å². The Labute approximate surface area is 93.9 Å². The fraction of sp³-hybridized carbons (Fsp3) is 0.778. The summed E-state index contributed by atoms with van der Waals surface area (Å²) in [7, 11) is 0. The van der Waals surface area contributed by atoms with Gasteiger partial charge in [0, 0.05) is 18.7 Å². The van der Waals surface area contributed by atoms with E-state index in [0.717, 1.165) is 23.9 Å². The van der Waals surface area contributed by atoms with Gasteiger partial charge in [-0.3, -0.25) is 0 Å². The van der Waals surface area contributed by atoms with Crippen molar-refractivity contribution in [2.45, 2.75) is 38.4 Å². The summed E-state index contributed by atoms with van der Waals surface area (Å²) in [5.41, 5.74) is 0. The summed E-state index contributed by atoms with van der Waals surface area (Å²) in [6, 6.07) is 2.12. The lowest BCUT2D eigenvalue weighted by atomic mass is 10.2. The summed E-state index contributed by atoms with van der Waals surface area (Å²) in [6.45, 7) is 5.10. The summed E-state index contributed by atoms with van der Waals surface area (Å²) in [5, 5.41) is 20.8. The molecule has 0 saturated heterocycles. The third-order valence-electron chi connectivity index (χ3n) is 1.70. The Kier molecular flexibility index (Phi) is 5.12. The third-order valence-corrected chi connectivity index (χ3v) is 2.74. The highest BCUT2D eigenvalue weighted by molar-refractivity contribution is 7.99. The lowest BCUT2D eigenvalue weighted by Crippen LogP contribution is -2.07. The Morgan fingerprint density at radius 1 is 1.53 bits per heavy atom. The number of aromatic nitrogens is 4. The Morgan fingerprint density at radius 3 is 3.00 bits per heavy atom. The maximum atomic E-state index is 8.39. The highest BCUT2D eigenvalue weighted by Crippen LogP contribution is 2.16. The van der Waals surface area contributed by atoms with Crippen LogP contribution in [0, 0.1) is 17.2 Å². The van der Waals surface area contributed by atoms with Gasteiger partial charge in [0.15, 0.2) is 0 Å². The van der Waals surface area contributed by atoms with Gasteiger partial charge in [0.2, 0.25) is 5.16 Å². The lowest BCUT2D eigenvalue weighted by molar-refractivity contribution is 0.446. The molecule has 0 bridgehead atoms. The SMILES string of the molecule is CC(C)Cn1nnnc1SCCCC#N. The van der Waals surface area contributed by atoms with E-state index in [1.807, 2.05) is 4.68 Å². The Bertz CT molecular complexity index is 327. The minimum atomic E-state index is 0.534. The van der Waals surface area contributed by atoms with Crippen molar-refractivity contribution in [2.75, 3.05) is 5.75 Å². The predicted molar refractivity (Wildman–Crippen MR) is 58.2 cm³/mol. The summed E-state index contributed by atoms with van der Waals surface area (Å²) in [6.07, 6.45) is 1.48. The molecule has 1 rings (SSSR count). The molecule has 5 nitrogen and oxygen atoms in total. The van der Waals surface area contributed by atoms with Gasteiger partial charge in [-0.15, -0.1) is 5.10 Å². The zero-order valence-corrected chi connectivity index (χ0v) is 9.87. The first-order valence-corrected chi connectivity index (χ1v) is 5.98. The van der Waals surface area contributed by atoms with E-state index >= 15 is 0 Å². The second-order valence-corrected chi connectivity index (χ2v) is 4.71. The van der Waals surface area contributed by atoms with Crippen LogP contribution in [0.15, 0.2) is 5.16 Å². The molecule has 0 saturated carbocycles. The van der Waals surface area contributed by atoms with Crippen molar-refractivity contribution >= 4 is 11.8 Å². The predicted octanol–water partition coefficient (Wildman–Crippen LogP) is 1.72. The molecule has 0 atom stereocenters. The summed E-state index contributed by atoms with van der Waals surface area (Å²) in [4.78, 5) is 0. The van der Waals surface area contributed by atoms with Gasteiger partial charge in [-0.05, 0) is 22.8 Å². The highest BCUT2D eigenvalue weighted by atomic mass is 32.2. The first kappa shape index (κ1) is 12.0. The van der Waals surface area contributed by atoms with Gasteiger partial charge >= 0.3 is 0 Å². The van der Waals surface area contributed by atoms with Crippen LogP contribution in [0.4, 0.5) is 0 Å². The van der Waals surface area contributed by atoms with Crippen LogP contribution < -0.4 is 0 Å². The molecule has 0 aromatic carbocycles. The summed E-state index contributed by atoms with van der Waals surface area (Å²) in [5.74, 6) is 1.43. The topological polar surface area (TPSA) is 67.4 Å². The first-order valence-electron chi connectivity index (χ1n) is 5.00. The van der Waals surface area contributed by atoms with Gasteiger partial charge in [-0.2, -0.15) is 5.26 Å². The molecule has 0 radical (unpaired) electrons. The molecule has 82 valence electrons. The Balaban J connectivity index is 2.40. The van der Waals surface area contributed by atoms with Crippen LogP contribution in [0.2, 0.25) is 0 Å². The molecule has 0 N–H and O–H groups in total. The lowest BCUT2D eigenvalue weighted by Gasteiger charge is -2.05. The monoisotopic (exact) mass is 225 g/mol. The maximum absolute atomic E-state index is 8.39. The number of nitrogens with zero attached hydrogens (tertiary/aromatic N) is 5. The number of hydrogen-bond donors (Lipinski definition) is 0. The standard InChI is InChI=1S/C9H15N5S/c1-8(2)7-14-9(11-12-13-14)15-6-4-3-5-10/h8H,3-4,6-7H2,1-2H3. The van der Waals surface area contributed by atoms with Crippen molar-refractivity contribution in [3.05, 3.63) is 0 Å². The smallest absolute Gasteiger partial charge is 0.209 e. The molecule has 15 heavy (non-hydrogen) atoms. The normalized spacial score (nSPS) is 10.5. The minimum Gasteiger partial charge on any atom is -0.220 e. The molecule has 1 heterocycles. The molecule has 0 fully saturated rings. The maximum Gasteiger partial charge on any atom is 0.209 e. The number of nitriles is 1. The number of hydrogen-bond acceptors (Lipinski definition) is 5. The largest absolute Gasteiger partial charge is 0.220 e. The average molecular weight is 225 g/mol. The van der Waals surface area contributed by atoms with Gasteiger partial charge in [-0.1, -0.05) is 25.6 Å². The number of thioether (sulfide) groups is 1. The van der Waals surface area contributed by atoms with Crippen molar-refractivity contribution in [3.63, 3.8) is 0 Å². The molecule has 1 aromatic heterocycles. The molecular formula is C9H15N5S. The Morgan fingerprint density at radius 2 is 2.33 bits per heavy atom. The van der Waals surface area contributed by atoms with E-state index in [4.69, 9.17) is 5.26 Å². The van der Waals surface area contributed by atoms with Crippen LogP contribution in [-0.4, -0.2) is 26.0 Å². The number of unbranched alkanes of at least 4 members (excludes halogenated alkanes) is 1. The zero-order valence-electron chi connectivity index (χ0n) is 9.05. The third kappa shape index (κ3) is 4.30. The second kappa shape index (κ2) is 6.40. The van der Waals surface area contributed by atoms with E-state index in [2.05, 4.69) is 35.4 Å². The van der Waals surface area contributed by atoms with Crippen LogP contribution in [0.1, 0.15) is 26.7 Å². The van der Waals surface area contributed by atoms with Gasteiger partial charge in [0.25, 0.3) is 0 Å². The van der Waals surface area contributed by atoms with Crippen molar-refractivity contribution in [1.29, 1.82) is 5.26 Å². The molecule has 0 aliphatic carbocycles. The molecule has 0 amide bonds. The van der Waals surface area contributed by atoms with E-state index < -0.39 is 0 Å². The molecular weight excluding hydrogens is 210 g/mol. The summed E-state index contributed by atoms with van der Waals surface area (Å²) < 4.78 is 1.82. The molecule has 6 heteroatoms. The van der Waals surface area contributed by atoms with Crippen molar-refractivity contribution in [1.82, 2.24) is 20.2 Å².